The molecular weight excluding hydrogens is 264 g/mol. The Morgan fingerprint density at radius 2 is 1.85 bits per heavy atom. The van der Waals surface area contributed by atoms with E-state index < -0.39 is 37.0 Å². The molecule has 1 unspecified atom stereocenters. The number of carboxylic acid groups (broad SMARTS) is 1. The van der Waals surface area contributed by atoms with Crippen LogP contribution in [-0.4, -0.2) is 53.1 Å². The molecule has 1 atom stereocenters. The molecule has 0 bridgehead atoms. The fraction of sp³-hybridized carbons (Fsp3) is 0.308. The Kier molecular flexibility index (Phi) is 5.67. The van der Waals surface area contributed by atoms with Gasteiger partial charge in [0.15, 0.2) is 0 Å². The van der Waals surface area contributed by atoms with Crippen molar-refractivity contribution in [2.45, 2.75) is 6.04 Å². The van der Waals surface area contributed by atoms with E-state index in [9.17, 15) is 14.4 Å². The van der Waals surface area contributed by atoms with Crippen LogP contribution in [0.2, 0.25) is 0 Å². The van der Waals surface area contributed by atoms with Gasteiger partial charge in [-0.25, -0.2) is 0 Å². The number of carbonyl (C=O) groups is 3. The van der Waals surface area contributed by atoms with Crippen molar-refractivity contribution in [2.75, 3.05) is 20.2 Å². The van der Waals surface area contributed by atoms with E-state index in [0.29, 0.717) is 5.56 Å². The number of rotatable bonds is 6. The average molecular weight is 280 g/mol. The number of hydrogen-bond donors (Lipinski definition) is 3. The van der Waals surface area contributed by atoms with Gasteiger partial charge >= 0.3 is 5.97 Å². The first-order chi connectivity index (χ1) is 9.45. The monoisotopic (exact) mass is 280 g/mol. The molecule has 0 spiro atoms. The Morgan fingerprint density at radius 1 is 1.25 bits per heavy atom. The van der Waals surface area contributed by atoms with Gasteiger partial charge < -0.3 is 20.4 Å². The molecule has 0 radical (unpaired) electrons. The molecule has 1 aromatic rings. The molecule has 0 aromatic heterocycles. The Hall–Kier alpha value is -2.41. The maximum atomic E-state index is 12.2. The van der Waals surface area contributed by atoms with Crippen molar-refractivity contribution < 1.29 is 24.6 Å². The molecule has 0 saturated carbocycles. The van der Waals surface area contributed by atoms with Crippen LogP contribution in [-0.2, 0) is 14.4 Å². The lowest BCUT2D eigenvalue weighted by Crippen LogP contribution is -2.43. The highest BCUT2D eigenvalue weighted by Crippen LogP contribution is 2.15. The summed E-state index contributed by atoms with van der Waals surface area (Å²) in [4.78, 5) is 35.1. The van der Waals surface area contributed by atoms with Crippen LogP contribution in [0.4, 0.5) is 0 Å². The fourth-order valence-corrected chi connectivity index (χ4v) is 1.64. The highest BCUT2D eigenvalue weighted by molar-refractivity contribution is 5.90. The van der Waals surface area contributed by atoms with E-state index >= 15 is 0 Å². The van der Waals surface area contributed by atoms with Crippen molar-refractivity contribution in [3.05, 3.63) is 35.9 Å². The van der Waals surface area contributed by atoms with Gasteiger partial charge in [-0.2, -0.15) is 0 Å². The molecule has 0 fully saturated rings. The standard InChI is InChI=1S/C13H16N2O5/c1-15(7-11(18)19)13(20)12(14-10(17)8-16)9-5-3-2-4-6-9/h2-6,12,16H,7-8H2,1H3,(H,14,17)(H,18,19). The SMILES string of the molecule is CN(CC(=O)O)C(=O)C(NC(=O)CO)c1ccccc1. The van der Waals surface area contributed by atoms with E-state index in [1.54, 1.807) is 30.3 Å². The number of likely N-dealkylation sites (N-methyl/N-ethyl adjacent to an activating group) is 1. The predicted octanol–water partition coefficient (Wildman–Crippen LogP) is -0.621. The molecule has 0 aliphatic heterocycles. The lowest BCUT2D eigenvalue weighted by molar-refractivity contribution is -0.145. The summed E-state index contributed by atoms with van der Waals surface area (Å²) in [6.45, 7) is -1.23. The third kappa shape index (κ3) is 4.36. The van der Waals surface area contributed by atoms with Crippen molar-refractivity contribution in [3.63, 3.8) is 0 Å². The van der Waals surface area contributed by atoms with Crippen molar-refractivity contribution in [1.82, 2.24) is 10.2 Å². The van der Waals surface area contributed by atoms with Crippen molar-refractivity contribution >= 4 is 17.8 Å². The number of nitrogens with zero attached hydrogens (tertiary/aromatic N) is 1. The van der Waals surface area contributed by atoms with E-state index in [1.165, 1.54) is 7.05 Å². The molecule has 7 nitrogen and oxygen atoms in total. The first-order valence-corrected chi connectivity index (χ1v) is 5.87. The minimum atomic E-state index is -1.15. The van der Waals surface area contributed by atoms with Gasteiger partial charge in [-0.3, -0.25) is 14.4 Å². The number of aliphatic hydroxyl groups is 1. The molecule has 1 rings (SSSR count). The molecule has 7 heteroatoms. The number of carboxylic acids is 1. The average Bonchev–Trinajstić information content (AvgIpc) is 2.43. The van der Waals surface area contributed by atoms with Gasteiger partial charge in [0.25, 0.3) is 0 Å². The molecular formula is C13H16N2O5. The molecule has 3 N–H and O–H groups in total. The van der Waals surface area contributed by atoms with Crippen molar-refractivity contribution in [2.24, 2.45) is 0 Å². The van der Waals surface area contributed by atoms with Gasteiger partial charge in [0.2, 0.25) is 11.8 Å². The summed E-state index contributed by atoms with van der Waals surface area (Å²) in [5.74, 6) is -2.43. The summed E-state index contributed by atoms with van der Waals surface area (Å²) in [5.41, 5.74) is 0.511. The summed E-state index contributed by atoms with van der Waals surface area (Å²) < 4.78 is 0. The zero-order valence-corrected chi connectivity index (χ0v) is 10.9. The normalized spacial score (nSPS) is 11.5. The number of benzene rings is 1. The number of carbonyl (C=O) groups excluding carboxylic acids is 2. The van der Waals surface area contributed by atoms with Crippen LogP contribution >= 0.6 is 0 Å². The lowest BCUT2D eigenvalue weighted by Gasteiger charge is -2.23. The molecule has 0 aliphatic rings. The molecule has 1 aromatic carbocycles. The molecule has 2 amide bonds. The fourth-order valence-electron chi connectivity index (χ4n) is 1.64. The first kappa shape index (κ1) is 15.6. The Bertz CT molecular complexity index is 489. The minimum absolute atomic E-state index is 0.475. The molecule has 0 saturated heterocycles. The summed E-state index contributed by atoms with van der Waals surface area (Å²) in [7, 11) is 1.33. The third-order valence-electron chi connectivity index (χ3n) is 2.58. The largest absolute Gasteiger partial charge is 0.480 e. The Labute approximate surface area is 115 Å². The van der Waals surface area contributed by atoms with Gasteiger partial charge in [0.1, 0.15) is 19.2 Å². The van der Waals surface area contributed by atoms with Gasteiger partial charge in [-0.1, -0.05) is 30.3 Å². The van der Waals surface area contributed by atoms with Crippen LogP contribution in [0, 0.1) is 0 Å². The quantitative estimate of drug-likeness (QED) is 0.643. The summed E-state index contributed by atoms with van der Waals surface area (Å²) in [6.07, 6.45) is 0. The van der Waals surface area contributed by atoms with Crippen LogP contribution in [0.5, 0.6) is 0 Å². The van der Waals surface area contributed by atoms with Gasteiger partial charge in [-0.15, -0.1) is 0 Å². The number of aliphatic hydroxyl groups excluding tert-OH is 1. The van der Waals surface area contributed by atoms with Gasteiger partial charge in [-0.05, 0) is 5.56 Å². The third-order valence-corrected chi connectivity index (χ3v) is 2.58. The lowest BCUT2D eigenvalue weighted by atomic mass is 10.1. The zero-order valence-electron chi connectivity index (χ0n) is 10.9. The second-order valence-electron chi connectivity index (χ2n) is 4.16. The highest BCUT2D eigenvalue weighted by Gasteiger charge is 2.26. The molecule has 0 heterocycles. The molecule has 20 heavy (non-hydrogen) atoms. The topological polar surface area (TPSA) is 107 Å². The second kappa shape index (κ2) is 7.25. The summed E-state index contributed by atoms with van der Waals surface area (Å²) >= 11 is 0. The Balaban J connectivity index is 2.95. The molecule has 108 valence electrons. The minimum Gasteiger partial charge on any atom is -0.480 e. The van der Waals surface area contributed by atoms with Crippen molar-refractivity contribution in [3.8, 4) is 0 Å². The Morgan fingerprint density at radius 3 is 2.35 bits per heavy atom. The van der Waals surface area contributed by atoms with E-state index in [0.717, 1.165) is 4.90 Å². The number of amides is 2. The van der Waals surface area contributed by atoms with Gasteiger partial charge in [0.05, 0.1) is 0 Å². The number of nitrogens with one attached hydrogen (secondary N) is 1. The number of aliphatic carboxylic acids is 1. The molecule has 0 aliphatic carbocycles. The zero-order chi connectivity index (χ0) is 15.1. The number of hydrogen-bond acceptors (Lipinski definition) is 4. The van der Waals surface area contributed by atoms with Crippen molar-refractivity contribution in [1.29, 1.82) is 0 Å². The van der Waals surface area contributed by atoms with Crippen LogP contribution < -0.4 is 5.32 Å². The summed E-state index contributed by atoms with van der Waals surface area (Å²) in [6, 6.07) is 7.37. The second-order valence-corrected chi connectivity index (χ2v) is 4.16. The van der Waals surface area contributed by atoms with Crippen LogP contribution in [0.15, 0.2) is 30.3 Å². The predicted molar refractivity (Wildman–Crippen MR) is 69.7 cm³/mol. The van der Waals surface area contributed by atoms with E-state index in [-0.39, 0.29) is 0 Å². The first-order valence-electron chi connectivity index (χ1n) is 5.87. The van der Waals surface area contributed by atoms with Crippen LogP contribution in [0.1, 0.15) is 11.6 Å². The van der Waals surface area contributed by atoms with Crippen LogP contribution in [0.25, 0.3) is 0 Å². The van der Waals surface area contributed by atoms with Gasteiger partial charge in [0, 0.05) is 7.05 Å². The smallest absolute Gasteiger partial charge is 0.323 e. The van der Waals surface area contributed by atoms with E-state index in [4.69, 9.17) is 10.2 Å². The summed E-state index contributed by atoms with van der Waals surface area (Å²) in [5, 5.41) is 19.8. The van der Waals surface area contributed by atoms with E-state index in [2.05, 4.69) is 5.32 Å². The van der Waals surface area contributed by atoms with Crippen LogP contribution in [0.3, 0.4) is 0 Å². The van der Waals surface area contributed by atoms with E-state index in [1.807, 2.05) is 0 Å². The maximum Gasteiger partial charge on any atom is 0.323 e. The highest BCUT2D eigenvalue weighted by atomic mass is 16.4. The maximum absolute atomic E-state index is 12.2.